The van der Waals surface area contributed by atoms with Crippen molar-refractivity contribution < 1.29 is 9.59 Å². The lowest BCUT2D eigenvalue weighted by Gasteiger charge is -2.30. The second-order valence-corrected chi connectivity index (χ2v) is 5.70. The molecule has 1 N–H and O–H groups in total. The van der Waals surface area contributed by atoms with Gasteiger partial charge in [0.25, 0.3) is 0 Å². The van der Waals surface area contributed by atoms with Crippen molar-refractivity contribution >= 4 is 11.7 Å². The zero-order chi connectivity index (χ0) is 13.6. The normalized spacial score (nSPS) is 33.5. The van der Waals surface area contributed by atoms with E-state index in [0.29, 0.717) is 12.3 Å². The van der Waals surface area contributed by atoms with E-state index in [-0.39, 0.29) is 23.8 Å². The van der Waals surface area contributed by atoms with Crippen LogP contribution in [0.2, 0.25) is 0 Å². The number of allylic oxidation sites excluding steroid dienone is 3. The van der Waals surface area contributed by atoms with Crippen molar-refractivity contribution in [2.24, 2.45) is 5.92 Å². The number of amides is 1. The van der Waals surface area contributed by atoms with Crippen molar-refractivity contribution in [3.8, 4) is 0 Å². The number of rotatable bonds is 2. The molecule has 1 amide bonds. The first kappa shape index (κ1) is 12.6. The molecule has 2 heterocycles. The standard InChI is InChI=1S/C15H20N2O2/c1-9(18)13-8-11-5-3-4-10-6-7-12(16-2)15(19)17(13)14(10)11/h3,5,10,12-13,16H,4,6-8H2,1-2H3. The average Bonchev–Trinajstić information content (AvgIpc) is 2.72. The number of hydrogen-bond acceptors (Lipinski definition) is 3. The minimum Gasteiger partial charge on any atom is -0.309 e. The fourth-order valence-corrected chi connectivity index (χ4v) is 3.60. The Morgan fingerprint density at radius 2 is 2.21 bits per heavy atom. The predicted molar refractivity (Wildman–Crippen MR) is 72.3 cm³/mol. The van der Waals surface area contributed by atoms with Gasteiger partial charge in [-0.25, -0.2) is 0 Å². The summed E-state index contributed by atoms with van der Waals surface area (Å²) in [6, 6.07) is -0.434. The first-order valence-electron chi connectivity index (χ1n) is 7.04. The van der Waals surface area contributed by atoms with Crippen LogP contribution >= 0.6 is 0 Å². The Bertz CT molecular complexity index is 492. The Hall–Kier alpha value is -1.42. The number of Topliss-reactive ketones (excluding diaryl/α,β-unsaturated/α-hetero) is 1. The molecular weight excluding hydrogens is 240 g/mol. The molecule has 0 aromatic heterocycles. The van der Waals surface area contributed by atoms with Gasteiger partial charge in [0.05, 0.1) is 12.1 Å². The topological polar surface area (TPSA) is 49.4 Å². The monoisotopic (exact) mass is 260 g/mol. The number of nitrogens with zero attached hydrogens (tertiary/aromatic N) is 1. The van der Waals surface area contributed by atoms with Crippen molar-refractivity contribution in [1.82, 2.24) is 10.2 Å². The summed E-state index contributed by atoms with van der Waals surface area (Å²) in [5, 5.41) is 3.10. The minimum absolute atomic E-state index is 0.0745. The Morgan fingerprint density at radius 1 is 1.42 bits per heavy atom. The summed E-state index contributed by atoms with van der Waals surface area (Å²) in [5.74, 6) is 0.573. The molecule has 0 aromatic rings. The molecule has 1 aliphatic carbocycles. The van der Waals surface area contributed by atoms with Gasteiger partial charge in [0, 0.05) is 18.0 Å². The molecule has 0 bridgehead atoms. The summed E-state index contributed by atoms with van der Waals surface area (Å²) < 4.78 is 0. The molecule has 3 aliphatic rings. The van der Waals surface area contributed by atoms with E-state index in [4.69, 9.17) is 0 Å². The summed E-state index contributed by atoms with van der Waals surface area (Å²) in [7, 11) is 1.82. The van der Waals surface area contributed by atoms with Crippen molar-refractivity contribution in [1.29, 1.82) is 0 Å². The van der Waals surface area contributed by atoms with Crippen LogP contribution in [0.15, 0.2) is 23.4 Å². The first-order valence-corrected chi connectivity index (χ1v) is 7.04. The molecule has 0 saturated carbocycles. The first-order chi connectivity index (χ1) is 9.13. The Morgan fingerprint density at radius 3 is 2.89 bits per heavy atom. The summed E-state index contributed by atoms with van der Waals surface area (Å²) in [4.78, 5) is 26.3. The van der Waals surface area contributed by atoms with Gasteiger partial charge in [-0.3, -0.25) is 9.59 Å². The van der Waals surface area contributed by atoms with Gasteiger partial charge < -0.3 is 10.2 Å². The molecule has 19 heavy (non-hydrogen) atoms. The van der Waals surface area contributed by atoms with Crippen molar-refractivity contribution in [2.45, 2.75) is 44.7 Å². The van der Waals surface area contributed by atoms with Crippen LogP contribution in [0.5, 0.6) is 0 Å². The quantitative estimate of drug-likeness (QED) is 0.816. The number of ketones is 1. The molecule has 3 rings (SSSR count). The Balaban J connectivity index is 2.05. The second kappa shape index (κ2) is 4.60. The summed E-state index contributed by atoms with van der Waals surface area (Å²) >= 11 is 0. The lowest BCUT2D eigenvalue weighted by Crippen LogP contribution is -2.48. The van der Waals surface area contributed by atoms with Crippen molar-refractivity contribution in [3.63, 3.8) is 0 Å². The van der Waals surface area contributed by atoms with Gasteiger partial charge in [-0.15, -0.1) is 0 Å². The van der Waals surface area contributed by atoms with E-state index in [9.17, 15) is 9.59 Å². The highest BCUT2D eigenvalue weighted by molar-refractivity contribution is 5.93. The van der Waals surface area contributed by atoms with Gasteiger partial charge in [0.2, 0.25) is 5.91 Å². The number of carbonyl (C=O) groups is 2. The van der Waals surface area contributed by atoms with E-state index in [1.807, 2.05) is 7.05 Å². The lowest BCUT2D eigenvalue weighted by molar-refractivity contribution is -0.137. The van der Waals surface area contributed by atoms with Crippen LogP contribution in [0.3, 0.4) is 0 Å². The molecule has 0 spiro atoms. The third kappa shape index (κ3) is 1.86. The van der Waals surface area contributed by atoms with Crippen LogP contribution in [0, 0.1) is 5.92 Å². The van der Waals surface area contributed by atoms with Crippen LogP contribution in [-0.2, 0) is 9.59 Å². The average molecular weight is 260 g/mol. The van der Waals surface area contributed by atoms with Crippen LogP contribution in [0.25, 0.3) is 0 Å². The Labute approximate surface area is 113 Å². The van der Waals surface area contributed by atoms with Crippen LogP contribution < -0.4 is 5.32 Å². The molecule has 0 radical (unpaired) electrons. The van der Waals surface area contributed by atoms with Gasteiger partial charge in [-0.1, -0.05) is 12.2 Å². The molecule has 2 aliphatic heterocycles. The minimum atomic E-state index is -0.281. The second-order valence-electron chi connectivity index (χ2n) is 5.70. The highest BCUT2D eigenvalue weighted by Crippen LogP contribution is 2.43. The molecule has 0 aromatic carbocycles. The van der Waals surface area contributed by atoms with Gasteiger partial charge in [0.1, 0.15) is 0 Å². The van der Waals surface area contributed by atoms with E-state index in [0.717, 1.165) is 25.0 Å². The maximum atomic E-state index is 12.7. The maximum absolute atomic E-state index is 12.7. The van der Waals surface area contributed by atoms with Gasteiger partial charge >= 0.3 is 0 Å². The molecule has 4 nitrogen and oxygen atoms in total. The zero-order valence-electron chi connectivity index (χ0n) is 11.5. The van der Waals surface area contributed by atoms with Gasteiger partial charge in [0.15, 0.2) is 5.78 Å². The number of hydrogen-bond donors (Lipinski definition) is 1. The largest absolute Gasteiger partial charge is 0.309 e. The molecule has 3 unspecified atom stereocenters. The molecule has 102 valence electrons. The SMILES string of the molecule is CNC1CCC2CC=CC3=C2N(C1=O)C(C(C)=O)C3. The lowest BCUT2D eigenvalue weighted by atomic mass is 9.89. The van der Waals surface area contributed by atoms with Crippen LogP contribution in [0.1, 0.15) is 32.6 Å². The fraction of sp³-hybridized carbons (Fsp3) is 0.600. The van der Waals surface area contributed by atoms with E-state index >= 15 is 0 Å². The van der Waals surface area contributed by atoms with E-state index in [1.165, 1.54) is 5.57 Å². The molecular formula is C15H20N2O2. The molecule has 1 fully saturated rings. The van der Waals surface area contributed by atoms with Gasteiger partial charge in [-0.05, 0) is 38.8 Å². The van der Waals surface area contributed by atoms with E-state index < -0.39 is 0 Å². The summed E-state index contributed by atoms with van der Waals surface area (Å²) in [6.07, 6.45) is 7.85. The smallest absolute Gasteiger partial charge is 0.244 e. The van der Waals surface area contributed by atoms with Crippen molar-refractivity contribution in [3.05, 3.63) is 23.4 Å². The summed E-state index contributed by atoms with van der Waals surface area (Å²) in [5.41, 5.74) is 2.33. The molecule has 3 atom stereocenters. The fourth-order valence-electron chi connectivity index (χ4n) is 3.60. The van der Waals surface area contributed by atoms with E-state index in [2.05, 4.69) is 17.5 Å². The molecule has 4 heteroatoms. The number of nitrogens with one attached hydrogen (secondary N) is 1. The highest BCUT2D eigenvalue weighted by atomic mass is 16.2. The van der Waals surface area contributed by atoms with E-state index in [1.54, 1.807) is 11.8 Å². The van der Waals surface area contributed by atoms with Crippen molar-refractivity contribution in [2.75, 3.05) is 7.05 Å². The van der Waals surface area contributed by atoms with Crippen LogP contribution in [0.4, 0.5) is 0 Å². The number of likely N-dealkylation sites (N-methyl/N-ethyl adjacent to an activating group) is 1. The summed E-state index contributed by atoms with van der Waals surface area (Å²) in [6.45, 7) is 1.59. The number of carbonyl (C=O) groups excluding carboxylic acids is 2. The third-order valence-corrected chi connectivity index (χ3v) is 4.60. The zero-order valence-corrected chi connectivity index (χ0v) is 11.5. The van der Waals surface area contributed by atoms with Gasteiger partial charge in [-0.2, -0.15) is 0 Å². The van der Waals surface area contributed by atoms with Crippen LogP contribution in [-0.4, -0.2) is 35.7 Å². The maximum Gasteiger partial charge on any atom is 0.244 e. The third-order valence-electron chi connectivity index (χ3n) is 4.60. The molecule has 1 saturated heterocycles. The predicted octanol–water partition coefficient (Wildman–Crippen LogP) is 1.39. The highest BCUT2D eigenvalue weighted by Gasteiger charge is 2.45. The Kier molecular flexibility index (Phi) is 3.05.